The molecule has 1 nitrogen and oxygen atoms in total. The third-order valence-corrected chi connectivity index (χ3v) is 5.62. The van der Waals surface area contributed by atoms with E-state index in [1.807, 2.05) is 24.3 Å². The highest BCUT2D eigenvalue weighted by Gasteiger charge is 2.12. The quantitative estimate of drug-likeness (QED) is 0.556. The van der Waals surface area contributed by atoms with E-state index in [0.29, 0.717) is 0 Å². The Morgan fingerprint density at radius 3 is 1.35 bits per heavy atom. The molecule has 132 valence electrons. The van der Waals surface area contributed by atoms with E-state index in [1.165, 1.54) is 60.8 Å². The topological polar surface area (TPSA) is 17.1 Å². The maximum atomic E-state index is 12.8. The molecule has 2 aliphatic carbocycles. The van der Waals surface area contributed by atoms with Gasteiger partial charge in [0.05, 0.1) is 0 Å². The van der Waals surface area contributed by atoms with Gasteiger partial charge in [0.2, 0.25) is 0 Å². The van der Waals surface area contributed by atoms with Crippen molar-refractivity contribution in [2.75, 3.05) is 0 Å². The largest absolute Gasteiger partial charge is 0.289 e. The predicted octanol–water partition coefficient (Wildman–Crippen LogP) is 6.83. The summed E-state index contributed by atoms with van der Waals surface area (Å²) >= 11 is 0. The van der Waals surface area contributed by atoms with Crippen molar-refractivity contribution in [3.63, 3.8) is 0 Å². The van der Waals surface area contributed by atoms with Crippen molar-refractivity contribution in [1.29, 1.82) is 0 Å². The average molecular weight is 342 g/mol. The van der Waals surface area contributed by atoms with Gasteiger partial charge in [0, 0.05) is 11.1 Å². The van der Waals surface area contributed by atoms with E-state index in [2.05, 4.69) is 36.4 Å². The Morgan fingerprint density at radius 2 is 1.00 bits per heavy atom. The van der Waals surface area contributed by atoms with Gasteiger partial charge >= 0.3 is 0 Å². The van der Waals surface area contributed by atoms with Gasteiger partial charge in [0.25, 0.3) is 0 Å². The number of rotatable bonds is 4. The fraction of sp³-hybridized carbons (Fsp3) is 0.320. The molecule has 0 aromatic heterocycles. The van der Waals surface area contributed by atoms with Crippen molar-refractivity contribution >= 4 is 16.9 Å². The first kappa shape index (κ1) is 17.0. The Kier molecular flexibility index (Phi) is 5.15. The summed E-state index contributed by atoms with van der Waals surface area (Å²) < 4.78 is 0. The zero-order chi connectivity index (χ0) is 17.8. The molecule has 0 saturated carbocycles. The predicted molar refractivity (Wildman–Crippen MR) is 109 cm³/mol. The molecule has 2 aliphatic rings. The third-order valence-electron chi connectivity index (χ3n) is 5.62. The number of carbonyl (C=O) groups is 1. The molecule has 0 N–H and O–H groups in total. The number of ketones is 1. The molecule has 1 heteroatoms. The van der Waals surface area contributed by atoms with Crippen LogP contribution in [0, 0.1) is 0 Å². The van der Waals surface area contributed by atoms with Crippen LogP contribution in [0.2, 0.25) is 0 Å². The summed E-state index contributed by atoms with van der Waals surface area (Å²) in [6.45, 7) is 0. The molecular formula is C25H26O. The first-order valence-electron chi connectivity index (χ1n) is 9.95. The van der Waals surface area contributed by atoms with Crippen LogP contribution in [0.3, 0.4) is 0 Å². The van der Waals surface area contributed by atoms with E-state index in [9.17, 15) is 4.79 Å². The lowest BCUT2D eigenvalue weighted by atomic mass is 9.91. The molecule has 2 aromatic rings. The second-order valence-electron chi connectivity index (χ2n) is 7.43. The molecule has 0 heterocycles. The molecular weight excluding hydrogens is 316 g/mol. The summed E-state index contributed by atoms with van der Waals surface area (Å²) in [6, 6.07) is 16.3. The second kappa shape index (κ2) is 7.86. The molecule has 2 aromatic carbocycles. The van der Waals surface area contributed by atoms with Gasteiger partial charge in [-0.3, -0.25) is 4.79 Å². The van der Waals surface area contributed by atoms with E-state index >= 15 is 0 Å². The Hall–Kier alpha value is -2.41. The van der Waals surface area contributed by atoms with Crippen LogP contribution in [-0.2, 0) is 0 Å². The minimum atomic E-state index is 0.110. The number of allylic oxidation sites excluding steroid dienone is 4. The van der Waals surface area contributed by atoms with Crippen LogP contribution in [0.15, 0.2) is 60.7 Å². The second-order valence-corrected chi connectivity index (χ2v) is 7.43. The summed E-state index contributed by atoms with van der Waals surface area (Å²) in [7, 11) is 0. The molecule has 0 bridgehead atoms. The maximum absolute atomic E-state index is 12.8. The standard InChI is InChI=1S/C25H26O/c26-25(23-15-11-21(12-16-23)19-7-3-1-4-8-19)24-17-13-22(14-18-24)20-9-5-2-6-10-20/h7,9,11-18H,1-6,8,10H2. The van der Waals surface area contributed by atoms with Crippen molar-refractivity contribution in [2.24, 2.45) is 0 Å². The van der Waals surface area contributed by atoms with Crippen LogP contribution in [0.25, 0.3) is 11.1 Å². The van der Waals surface area contributed by atoms with Gasteiger partial charge < -0.3 is 0 Å². The highest BCUT2D eigenvalue weighted by Crippen LogP contribution is 2.28. The average Bonchev–Trinajstić information content (AvgIpc) is 2.75. The van der Waals surface area contributed by atoms with E-state index in [-0.39, 0.29) is 5.78 Å². The van der Waals surface area contributed by atoms with Crippen LogP contribution < -0.4 is 0 Å². The summed E-state index contributed by atoms with van der Waals surface area (Å²) in [6.07, 6.45) is 14.5. The molecule has 4 rings (SSSR count). The van der Waals surface area contributed by atoms with Gasteiger partial charge in [-0.25, -0.2) is 0 Å². The monoisotopic (exact) mass is 342 g/mol. The Morgan fingerprint density at radius 1 is 0.577 bits per heavy atom. The third kappa shape index (κ3) is 3.72. The number of hydrogen-bond donors (Lipinski definition) is 0. The van der Waals surface area contributed by atoms with Crippen LogP contribution in [-0.4, -0.2) is 5.78 Å². The highest BCUT2D eigenvalue weighted by molar-refractivity contribution is 6.09. The van der Waals surface area contributed by atoms with Crippen molar-refractivity contribution < 1.29 is 4.79 Å². The van der Waals surface area contributed by atoms with E-state index in [4.69, 9.17) is 0 Å². The van der Waals surface area contributed by atoms with E-state index < -0.39 is 0 Å². The van der Waals surface area contributed by atoms with Gasteiger partial charge in [-0.1, -0.05) is 60.7 Å². The zero-order valence-corrected chi connectivity index (χ0v) is 15.3. The number of carbonyl (C=O) groups excluding carboxylic acids is 1. The van der Waals surface area contributed by atoms with E-state index in [0.717, 1.165) is 24.0 Å². The van der Waals surface area contributed by atoms with Gasteiger partial charge in [-0.15, -0.1) is 0 Å². The molecule has 0 fully saturated rings. The molecule has 26 heavy (non-hydrogen) atoms. The van der Waals surface area contributed by atoms with Crippen LogP contribution >= 0.6 is 0 Å². The summed E-state index contributed by atoms with van der Waals surface area (Å²) in [5, 5.41) is 0. The van der Waals surface area contributed by atoms with E-state index in [1.54, 1.807) is 0 Å². The molecule has 0 radical (unpaired) electrons. The van der Waals surface area contributed by atoms with Crippen molar-refractivity contribution in [3.05, 3.63) is 82.9 Å². The Labute approximate surface area is 156 Å². The normalized spacial score (nSPS) is 17.4. The molecule has 0 aliphatic heterocycles. The first-order valence-corrected chi connectivity index (χ1v) is 9.95. The lowest BCUT2D eigenvalue weighted by Crippen LogP contribution is -2.02. The highest BCUT2D eigenvalue weighted by atomic mass is 16.1. The first-order chi connectivity index (χ1) is 12.8. The van der Waals surface area contributed by atoms with Gasteiger partial charge in [-0.2, -0.15) is 0 Å². The molecule has 0 atom stereocenters. The molecule has 0 unspecified atom stereocenters. The van der Waals surface area contributed by atoms with Crippen LogP contribution in [0.5, 0.6) is 0 Å². The van der Waals surface area contributed by atoms with Crippen molar-refractivity contribution in [1.82, 2.24) is 0 Å². The number of hydrogen-bond acceptors (Lipinski definition) is 1. The lowest BCUT2D eigenvalue weighted by molar-refractivity contribution is 0.103. The van der Waals surface area contributed by atoms with Crippen molar-refractivity contribution in [3.8, 4) is 0 Å². The fourth-order valence-electron chi connectivity index (χ4n) is 4.04. The summed E-state index contributed by atoms with van der Waals surface area (Å²) in [5.74, 6) is 0.110. The Balaban J connectivity index is 1.50. The maximum Gasteiger partial charge on any atom is 0.193 e. The van der Waals surface area contributed by atoms with Crippen LogP contribution in [0.1, 0.15) is 78.4 Å². The molecule has 0 saturated heterocycles. The number of benzene rings is 2. The van der Waals surface area contributed by atoms with Crippen molar-refractivity contribution in [2.45, 2.75) is 51.4 Å². The van der Waals surface area contributed by atoms with Crippen LogP contribution in [0.4, 0.5) is 0 Å². The fourth-order valence-corrected chi connectivity index (χ4v) is 4.04. The minimum absolute atomic E-state index is 0.110. The van der Waals surface area contributed by atoms with Gasteiger partial charge in [0.1, 0.15) is 0 Å². The SMILES string of the molecule is O=C(c1ccc(C2=CCCCC2)cc1)c1ccc(C2=CCCCC2)cc1. The zero-order valence-electron chi connectivity index (χ0n) is 15.3. The van der Waals surface area contributed by atoms with Gasteiger partial charge in [0.15, 0.2) is 5.78 Å². The summed E-state index contributed by atoms with van der Waals surface area (Å²) in [5.41, 5.74) is 6.94. The van der Waals surface area contributed by atoms with Gasteiger partial charge in [-0.05, 0) is 73.6 Å². The minimum Gasteiger partial charge on any atom is -0.289 e. The molecule has 0 spiro atoms. The molecule has 0 amide bonds. The lowest BCUT2D eigenvalue weighted by Gasteiger charge is -2.14. The smallest absolute Gasteiger partial charge is 0.193 e. The Bertz CT molecular complexity index is 763. The summed E-state index contributed by atoms with van der Waals surface area (Å²) in [4.78, 5) is 12.8.